The van der Waals surface area contributed by atoms with Crippen molar-refractivity contribution in [3.63, 3.8) is 0 Å². The molecule has 1 fully saturated rings. The summed E-state index contributed by atoms with van der Waals surface area (Å²) >= 11 is 0. The second-order valence-corrected chi connectivity index (χ2v) is 9.83. The predicted octanol–water partition coefficient (Wildman–Crippen LogP) is 5.97. The fourth-order valence-electron chi connectivity index (χ4n) is 4.65. The van der Waals surface area contributed by atoms with Crippen molar-refractivity contribution < 1.29 is 9.53 Å². The van der Waals surface area contributed by atoms with Crippen LogP contribution in [-0.2, 0) is 16.6 Å². The highest BCUT2D eigenvalue weighted by atomic mass is 16.5. The topological polar surface area (TPSA) is 29.5 Å². The number of hydrogen-bond acceptors (Lipinski definition) is 3. The van der Waals surface area contributed by atoms with Crippen LogP contribution in [0.5, 0.6) is 5.75 Å². The average Bonchev–Trinajstić information content (AvgIpc) is 2.72. The monoisotopic (exact) mass is 407 g/mol. The lowest BCUT2D eigenvalue weighted by Gasteiger charge is -2.43. The van der Waals surface area contributed by atoms with Crippen molar-refractivity contribution in [1.82, 2.24) is 4.90 Å². The number of benzene rings is 2. The normalized spacial score (nSPS) is 22.9. The highest BCUT2D eigenvalue weighted by Gasteiger charge is 2.38. The lowest BCUT2D eigenvalue weighted by atomic mass is 9.78. The lowest BCUT2D eigenvalue weighted by molar-refractivity contribution is -0.130. The van der Waals surface area contributed by atoms with E-state index in [0.717, 1.165) is 25.0 Å². The van der Waals surface area contributed by atoms with Crippen LogP contribution < -0.4 is 4.74 Å². The molecule has 0 aromatic heterocycles. The van der Waals surface area contributed by atoms with E-state index < -0.39 is 0 Å². The predicted molar refractivity (Wildman–Crippen MR) is 124 cm³/mol. The molecule has 3 nitrogen and oxygen atoms in total. The smallest absolute Gasteiger partial charge is 0.150 e. The van der Waals surface area contributed by atoms with Gasteiger partial charge in [0.05, 0.1) is 13.2 Å². The van der Waals surface area contributed by atoms with Crippen LogP contribution in [0, 0.1) is 5.92 Å². The number of nitrogens with zero attached hydrogens (tertiary/aromatic N) is 1. The molecule has 30 heavy (non-hydrogen) atoms. The molecule has 0 bridgehead atoms. The van der Waals surface area contributed by atoms with E-state index in [4.69, 9.17) is 4.74 Å². The summed E-state index contributed by atoms with van der Waals surface area (Å²) in [5.74, 6) is 1.62. The first-order valence-corrected chi connectivity index (χ1v) is 11.2. The van der Waals surface area contributed by atoms with Gasteiger partial charge >= 0.3 is 0 Å². The van der Waals surface area contributed by atoms with E-state index in [1.54, 1.807) is 7.11 Å². The maximum absolute atomic E-state index is 12.6. The lowest BCUT2D eigenvalue weighted by Crippen LogP contribution is -2.47. The fourth-order valence-corrected chi connectivity index (χ4v) is 4.65. The highest BCUT2D eigenvalue weighted by molar-refractivity contribution is 5.84. The van der Waals surface area contributed by atoms with Crippen molar-refractivity contribution in [2.45, 2.75) is 70.9 Å². The maximum atomic E-state index is 12.6. The average molecular weight is 408 g/mol. The number of piperidine rings is 1. The molecule has 3 rings (SSSR count). The van der Waals surface area contributed by atoms with Crippen molar-refractivity contribution in [2.75, 3.05) is 14.2 Å². The van der Waals surface area contributed by atoms with Gasteiger partial charge in [-0.15, -0.1) is 0 Å². The van der Waals surface area contributed by atoms with Gasteiger partial charge in [0.1, 0.15) is 11.5 Å². The van der Waals surface area contributed by atoms with Gasteiger partial charge in [0.15, 0.2) is 0 Å². The zero-order valence-corrected chi connectivity index (χ0v) is 19.4. The Morgan fingerprint density at radius 1 is 1.03 bits per heavy atom. The molecule has 3 atom stereocenters. The van der Waals surface area contributed by atoms with Crippen molar-refractivity contribution in [2.24, 2.45) is 5.92 Å². The van der Waals surface area contributed by atoms with E-state index in [1.807, 2.05) is 19.1 Å². The number of carbonyl (C=O) groups is 1. The fraction of sp³-hybridized carbons (Fsp3) is 0.519. The Balaban J connectivity index is 1.73. The third kappa shape index (κ3) is 5.13. The minimum absolute atomic E-state index is 0.0184. The van der Waals surface area contributed by atoms with E-state index in [-0.39, 0.29) is 11.5 Å². The molecule has 0 aliphatic carbocycles. The summed E-state index contributed by atoms with van der Waals surface area (Å²) < 4.78 is 5.25. The van der Waals surface area contributed by atoms with Crippen LogP contribution in [0.3, 0.4) is 0 Å². The number of Topliss-reactive ketones (excluding diaryl/α,β-unsaturated/α-hetero) is 1. The number of ether oxygens (including phenoxy) is 1. The molecular formula is C27H37NO2. The Morgan fingerprint density at radius 2 is 1.67 bits per heavy atom. The van der Waals surface area contributed by atoms with Gasteiger partial charge in [-0.3, -0.25) is 9.69 Å². The number of methoxy groups -OCH3 is 1. The maximum Gasteiger partial charge on any atom is 0.150 e. The van der Waals surface area contributed by atoms with Crippen molar-refractivity contribution in [3.05, 3.63) is 65.2 Å². The van der Waals surface area contributed by atoms with Gasteiger partial charge < -0.3 is 4.74 Å². The van der Waals surface area contributed by atoms with Gasteiger partial charge in [-0.2, -0.15) is 0 Å². The van der Waals surface area contributed by atoms with Gasteiger partial charge in [0.25, 0.3) is 0 Å². The second-order valence-electron chi connectivity index (χ2n) is 9.83. The summed E-state index contributed by atoms with van der Waals surface area (Å²) in [6, 6.07) is 17.7. The van der Waals surface area contributed by atoms with Gasteiger partial charge in [-0.1, -0.05) is 57.2 Å². The van der Waals surface area contributed by atoms with Crippen molar-refractivity contribution in [3.8, 4) is 5.75 Å². The van der Waals surface area contributed by atoms with Gasteiger partial charge in [0.2, 0.25) is 0 Å². The molecule has 162 valence electrons. The first-order valence-electron chi connectivity index (χ1n) is 11.2. The molecule has 2 aromatic carbocycles. The third-order valence-electron chi connectivity index (χ3n) is 6.74. The van der Waals surface area contributed by atoms with E-state index in [1.165, 1.54) is 16.7 Å². The molecule has 0 amide bonds. The number of ketones is 1. The molecule has 3 heteroatoms. The first-order chi connectivity index (χ1) is 14.2. The van der Waals surface area contributed by atoms with Gasteiger partial charge in [0, 0.05) is 12.5 Å². The first kappa shape index (κ1) is 22.6. The Morgan fingerprint density at radius 3 is 2.23 bits per heavy atom. The quantitative estimate of drug-likeness (QED) is 0.591. The number of rotatable bonds is 6. The molecule has 2 aromatic rings. The van der Waals surface area contributed by atoms with Gasteiger partial charge in [-0.05, 0) is 73.4 Å². The van der Waals surface area contributed by atoms with Crippen LogP contribution in [0.15, 0.2) is 48.5 Å². The van der Waals surface area contributed by atoms with E-state index in [0.29, 0.717) is 24.2 Å². The molecule has 1 heterocycles. The number of likely N-dealkylation sites (tertiary alicyclic amines) is 1. The van der Waals surface area contributed by atoms with E-state index in [9.17, 15) is 4.79 Å². The molecule has 1 aliphatic heterocycles. The van der Waals surface area contributed by atoms with Crippen LogP contribution in [0.25, 0.3) is 0 Å². The molecule has 1 unspecified atom stereocenters. The molecule has 1 aliphatic rings. The summed E-state index contributed by atoms with van der Waals surface area (Å²) in [6.45, 7) is 8.79. The summed E-state index contributed by atoms with van der Waals surface area (Å²) in [4.78, 5) is 14.9. The Hall–Kier alpha value is -2.13. The molecule has 0 N–H and O–H groups in total. The van der Waals surface area contributed by atoms with Crippen molar-refractivity contribution >= 4 is 5.78 Å². The van der Waals surface area contributed by atoms with Crippen LogP contribution >= 0.6 is 0 Å². The molecular weight excluding hydrogens is 370 g/mol. The Bertz CT molecular complexity index is 833. The van der Waals surface area contributed by atoms with Crippen LogP contribution in [0.2, 0.25) is 0 Å². The van der Waals surface area contributed by atoms with Crippen LogP contribution in [-0.4, -0.2) is 30.9 Å². The summed E-state index contributed by atoms with van der Waals surface area (Å²) in [6.07, 6.45) is 3.85. The van der Waals surface area contributed by atoms with Crippen molar-refractivity contribution in [1.29, 1.82) is 0 Å². The minimum atomic E-state index is -0.0184. The molecule has 1 saturated heterocycles. The standard InChI is InChI=1S/C27H37NO2/c1-19-25(29)18-22(9-7-8-20-10-16-24(30-6)17-11-20)26(28(19)5)21-12-14-23(15-13-21)27(2,3)4/h10-17,19,22,26H,7-9,18H2,1-6H3/t19-,22?,26-/m0/s1. The molecule has 0 saturated carbocycles. The Kier molecular flexibility index (Phi) is 7.02. The van der Waals surface area contributed by atoms with E-state index in [2.05, 4.69) is 69.1 Å². The number of likely N-dealkylation sites (N-methyl/N-ethyl adjacent to an activating group) is 1. The number of aryl methyl sites for hydroxylation is 1. The zero-order chi connectivity index (χ0) is 21.9. The highest BCUT2D eigenvalue weighted by Crippen LogP contribution is 2.39. The van der Waals surface area contributed by atoms with Crippen LogP contribution in [0.4, 0.5) is 0 Å². The van der Waals surface area contributed by atoms with E-state index >= 15 is 0 Å². The Labute approximate surface area is 182 Å². The zero-order valence-electron chi connectivity index (χ0n) is 19.4. The largest absolute Gasteiger partial charge is 0.497 e. The van der Waals surface area contributed by atoms with Crippen LogP contribution in [0.1, 0.15) is 69.7 Å². The number of carbonyl (C=O) groups excluding carboxylic acids is 1. The molecule has 0 spiro atoms. The van der Waals surface area contributed by atoms with Gasteiger partial charge in [-0.25, -0.2) is 0 Å². The minimum Gasteiger partial charge on any atom is -0.497 e. The SMILES string of the molecule is COc1ccc(CCCC2CC(=O)[C@H](C)N(C)[C@H]2c2ccc(C(C)(C)C)cc2)cc1. The third-order valence-corrected chi connectivity index (χ3v) is 6.74. The second kappa shape index (κ2) is 9.34. The summed E-state index contributed by atoms with van der Waals surface area (Å²) in [5, 5.41) is 0. The molecule has 0 radical (unpaired) electrons. The summed E-state index contributed by atoms with van der Waals surface area (Å²) in [7, 11) is 3.81. The summed E-state index contributed by atoms with van der Waals surface area (Å²) in [5.41, 5.74) is 4.16. The number of hydrogen-bond donors (Lipinski definition) is 0.